The fourth-order valence-electron chi connectivity index (χ4n) is 1.62. The van der Waals surface area contributed by atoms with E-state index in [0.717, 1.165) is 0 Å². The highest BCUT2D eigenvalue weighted by atomic mass is 16.4. The largest absolute Gasteiger partial charge is 0.465 e. The molecule has 0 saturated heterocycles. The quantitative estimate of drug-likeness (QED) is 0.541. The predicted octanol–water partition coefficient (Wildman–Crippen LogP) is 1.73. The highest BCUT2D eigenvalue weighted by molar-refractivity contribution is 5.64. The third kappa shape index (κ3) is 6.64. The number of nitrogens with two attached hydrogens (primary N) is 1. The van der Waals surface area contributed by atoms with Crippen molar-refractivity contribution in [3.63, 3.8) is 0 Å². The SMILES string of the molecule is CC(CCNc1nc(NC(C)(C)C)ncc1N)NC(=O)O. The summed E-state index contributed by atoms with van der Waals surface area (Å²) in [5.41, 5.74) is 6.13. The van der Waals surface area contributed by atoms with Crippen molar-refractivity contribution >= 4 is 23.5 Å². The van der Waals surface area contributed by atoms with Crippen LogP contribution in [0.3, 0.4) is 0 Å². The molecule has 0 aliphatic heterocycles. The molecule has 6 N–H and O–H groups in total. The molecule has 0 spiro atoms. The Labute approximate surface area is 124 Å². The monoisotopic (exact) mass is 296 g/mol. The lowest BCUT2D eigenvalue weighted by atomic mass is 10.1. The van der Waals surface area contributed by atoms with Gasteiger partial charge in [0.1, 0.15) is 0 Å². The fraction of sp³-hybridized carbons (Fsp3) is 0.615. The maximum absolute atomic E-state index is 10.5. The van der Waals surface area contributed by atoms with Crippen LogP contribution in [0.4, 0.5) is 22.2 Å². The second-order valence-electron chi connectivity index (χ2n) is 5.94. The van der Waals surface area contributed by atoms with Gasteiger partial charge in [-0.3, -0.25) is 0 Å². The summed E-state index contributed by atoms with van der Waals surface area (Å²) in [6, 6.07) is -0.148. The second kappa shape index (κ2) is 6.96. The Kier molecular flexibility index (Phi) is 5.57. The topological polar surface area (TPSA) is 125 Å². The van der Waals surface area contributed by atoms with Crippen molar-refractivity contribution < 1.29 is 9.90 Å². The lowest BCUT2D eigenvalue weighted by Gasteiger charge is -2.21. The van der Waals surface area contributed by atoms with Crippen molar-refractivity contribution in [2.45, 2.75) is 45.7 Å². The zero-order chi connectivity index (χ0) is 16.0. The van der Waals surface area contributed by atoms with Gasteiger partial charge in [0.2, 0.25) is 5.95 Å². The highest BCUT2D eigenvalue weighted by Crippen LogP contribution is 2.18. The number of carboxylic acid groups (broad SMARTS) is 1. The molecule has 1 atom stereocenters. The first kappa shape index (κ1) is 16.8. The lowest BCUT2D eigenvalue weighted by Crippen LogP contribution is -2.32. The van der Waals surface area contributed by atoms with Gasteiger partial charge < -0.3 is 26.8 Å². The van der Waals surface area contributed by atoms with Gasteiger partial charge in [0.05, 0.1) is 11.9 Å². The van der Waals surface area contributed by atoms with Gasteiger partial charge in [0.25, 0.3) is 0 Å². The van der Waals surface area contributed by atoms with Crippen LogP contribution in [0.1, 0.15) is 34.1 Å². The number of nitrogen functional groups attached to an aromatic ring is 1. The summed E-state index contributed by atoms with van der Waals surface area (Å²) in [6.07, 6.45) is 1.14. The number of carbonyl (C=O) groups is 1. The molecule has 118 valence electrons. The molecule has 21 heavy (non-hydrogen) atoms. The summed E-state index contributed by atoms with van der Waals surface area (Å²) in [6.45, 7) is 8.39. The van der Waals surface area contributed by atoms with Gasteiger partial charge in [-0.15, -0.1) is 0 Å². The number of aromatic nitrogens is 2. The third-order valence-electron chi connectivity index (χ3n) is 2.54. The van der Waals surface area contributed by atoms with Gasteiger partial charge in [-0.2, -0.15) is 4.98 Å². The molecular formula is C13H24N6O2. The Bertz CT molecular complexity index is 486. The van der Waals surface area contributed by atoms with Crippen LogP contribution in [0.15, 0.2) is 6.20 Å². The van der Waals surface area contributed by atoms with Crippen LogP contribution in [0, 0.1) is 0 Å². The summed E-state index contributed by atoms with van der Waals surface area (Å²) in [5, 5.41) is 17.3. The number of nitrogens with one attached hydrogen (secondary N) is 3. The molecular weight excluding hydrogens is 272 g/mol. The average Bonchev–Trinajstić information content (AvgIpc) is 2.30. The zero-order valence-corrected chi connectivity index (χ0v) is 12.9. The summed E-state index contributed by atoms with van der Waals surface area (Å²) < 4.78 is 0. The van der Waals surface area contributed by atoms with Crippen molar-refractivity contribution in [1.29, 1.82) is 0 Å². The number of rotatable bonds is 6. The standard InChI is InChI=1S/C13H24N6O2/c1-8(17-12(20)21)5-6-15-10-9(14)7-16-11(18-10)19-13(2,3)4/h7-8,17H,5-6,14H2,1-4H3,(H,20,21)(H2,15,16,18,19). The Balaban J connectivity index is 2.58. The normalized spacial score (nSPS) is 12.6. The van der Waals surface area contributed by atoms with Crippen molar-refractivity contribution in [2.75, 3.05) is 22.9 Å². The Morgan fingerprint density at radius 3 is 2.71 bits per heavy atom. The average molecular weight is 296 g/mol. The van der Waals surface area contributed by atoms with Crippen LogP contribution in [0.2, 0.25) is 0 Å². The van der Waals surface area contributed by atoms with Crippen molar-refractivity contribution in [3.05, 3.63) is 6.20 Å². The summed E-state index contributed by atoms with van der Waals surface area (Å²) in [4.78, 5) is 18.9. The van der Waals surface area contributed by atoms with E-state index >= 15 is 0 Å². The van der Waals surface area contributed by atoms with Crippen LogP contribution in [-0.2, 0) is 0 Å². The van der Waals surface area contributed by atoms with E-state index in [4.69, 9.17) is 10.8 Å². The van der Waals surface area contributed by atoms with Crippen molar-refractivity contribution in [3.8, 4) is 0 Å². The van der Waals surface area contributed by atoms with Gasteiger partial charge in [-0.1, -0.05) is 0 Å². The van der Waals surface area contributed by atoms with E-state index in [9.17, 15) is 4.79 Å². The minimum absolute atomic E-state index is 0.146. The molecule has 1 amide bonds. The zero-order valence-electron chi connectivity index (χ0n) is 12.9. The van der Waals surface area contributed by atoms with Gasteiger partial charge in [-0.05, 0) is 34.1 Å². The summed E-state index contributed by atoms with van der Waals surface area (Å²) in [7, 11) is 0. The molecule has 8 nitrogen and oxygen atoms in total. The number of hydrogen-bond donors (Lipinski definition) is 5. The van der Waals surface area contributed by atoms with Crippen LogP contribution < -0.4 is 21.7 Å². The van der Waals surface area contributed by atoms with E-state index in [1.54, 1.807) is 13.1 Å². The fourth-order valence-corrected chi connectivity index (χ4v) is 1.62. The molecule has 0 aliphatic rings. The minimum Gasteiger partial charge on any atom is -0.465 e. The molecule has 0 saturated carbocycles. The highest BCUT2D eigenvalue weighted by Gasteiger charge is 2.13. The molecule has 1 aromatic rings. The number of hydrogen-bond acceptors (Lipinski definition) is 6. The molecule has 8 heteroatoms. The van der Waals surface area contributed by atoms with Crippen LogP contribution in [-0.4, -0.2) is 39.3 Å². The van der Waals surface area contributed by atoms with E-state index < -0.39 is 6.09 Å². The van der Waals surface area contributed by atoms with Crippen LogP contribution >= 0.6 is 0 Å². The number of nitrogens with zero attached hydrogens (tertiary/aromatic N) is 2. The first-order valence-corrected chi connectivity index (χ1v) is 6.81. The van der Waals surface area contributed by atoms with E-state index in [1.807, 2.05) is 20.8 Å². The minimum atomic E-state index is -1.03. The van der Waals surface area contributed by atoms with E-state index in [2.05, 4.69) is 25.9 Å². The van der Waals surface area contributed by atoms with Crippen molar-refractivity contribution in [1.82, 2.24) is 15.3 Å². The second-order valence-corrected chi connectivity index (χ2v) is 5.94. The smallest absolute Gasteiger partial charge is 0.404 e. The van der Waals surface area contributed by atoms with Crippen LogP contribution in [0.25, 0.3) is 0 Å². The summed E-state index contributed by atoms with van der Waals surface area (Å²) in [5.74, 6) is 1.04. The molecule has 0 bridgehead atoms. The maximum Gasteiger partial charge on any atom is 0.404 e. The van der Waals surface area contributed by atoms with E-state index in [1.165, 1.54) is 0 Å². The van der Waals surface area contributed by atoms with Gasteiger partial charge in [0, 0.05) is 18.1 Å². The molecule has 0 fully saturated rings. The Hall–Kier alpha value is -2.25. The van der Waals surface area contributed by atoms with E-state index in [0.29, 0.717) is 30.4 Å². The van der Waals surface area contributed by atoms with Crippen molar-refractivity contribution in [2.24, 2.45) is 0 Å². The predicted molar refractivity (Wildman–Crippen MR) is 83.5 cm³/mol. The Morgan fingerprint density at radius 1 is 1.48 bits per heavy atom. The Morgan fingerprint density at radius 2 is 2.14 bits per heavy atom. The molecule has 0 aromatic carbocycles. The van der Waals surface area contributed by atoms with Gasteiger partial charge >= 0.3 is 6.09 Å². The first-order chi connectivity index (χ1) is 9.67. The molecule has 1 heterocycles. The third-order valence-corrected chi connectivity index (χ3v) is 2.54. The number of amides is 1. The molecule has 1 aromatic heterocycles. The lowest BCUT2D eigenvalue weighted by molar-refractivity contribution is 0.190. The molecule has 0 radical (unpaired) electrons. The van der Waals surface area contributed by atoms with E-state index in [-0.39, 0.29) is 11.6 Å². The van der Waals surface area contributed by atoms with Crippen LogP contribution in [0.5, 0.6) is 0 Å². The molecule has 1 unspecified atom stereocenters. The summed E-state index contributed by atoms with van der Waals surface area (Å²) >= 11 is 0. The maximum atomic E-state index is 10.5. The van der Waals surface area contributed by atoms with Gasteiger partial charge in [0.15, 0.2) is 5.82 Å². The number of anilines is 3. The molecule has 1 rings (SSSR count). The molecule has 0 aliphatic carbocycles. The first-order valence-electron chi connectivity index (χ1n) is 6.81. The van der Waals surface area contributed by atoms with Gasteiger partial charge in [-0.25, -0.2) is 9.78 Å².